The lowest BCUT2D eigenvalue weighted by atomic mass is 9.88. The van der Waals surface area contributed by atoms with E-state index in [1.165, 1.54) is 0 Å². The maximum atomic E-state index is 12.4. The highest BCUT2D eigenvalue weighted by atomic mass is 16.2. The molecule has 0 aromatic heterocycles. The largest absolute Gasteiger partial charge is 0.340 e. The van der Waals surface area contributed by atoms with Gasteiger partial charge in [-0.2, -0.15) is 0 Å². The molecule has 17 heavy (non-hydrogen) atoms. The van der Waals surface area contributed by atoms with Crippen LogP contribution >= 0.6 is 0 Å². The Labute approximate surface area is 103 Å². The topological polar surface area (TPSA) is 35.6 Å². The molecule has 2 rings (SSSR count). The summed E-state index contributed by atoms with van der Waals surface area (Å²) in [6.45, 7) is 7.98. The van der Waals surface area contributed by atoms with Gasteiger partial charge in [-0.05, 0) is 19.9 Å². The zero-order valence-corrected chi connectivity index (χ0v) is 10.5. The first-order valence-corrected chi connectivity index (χ1v) is 6.32. The number of piperazine rings is 1. The molecule has 2 aliphatic heterocycles. The Morgan fingerprint density at radius 3 is 2.65 bits per heavy atom. The predicted octanol–water partition coefficient (Wildman–Crippen LogP) is -0.237. The van der Waals surface area contributed by atoms with Crippen LogP contribution in [0.4, 0.5) is 0 Å². The van der Waals surface area contributed by atoms with Crippen LogP contribution in [0, 0.1) is 17.8 Å². The zero-order valence-electron chi connectivity index (χ0n) is 10.5. The third-order valence-electron chi connectivity index (χ3n) is 3.86. The molecule has 4 nitrogen and oxygen atoms in total. The van der Waals surface area contributed by atoms with E-state index in [2.05, 4.69) is 23.1 Å². The van der Waals surface area contributed by atoms with E-state index in [1.807, 2.05) is 4.90 Å². The van der Waals surface area contributed by atoms with Gasteiger partial charge in [0.15, 0.2) is 0 Å². The fraction of sp³-hybridized carbons (Fsp3) is 0.769. The Balaban J connectivity index is 1.88. The van der Waals surface area contributed by atoms with Crippen LogP contribution in [-0.2, 0) is 4.79 Å². The van der Waals surface area contributed by atoms with Crippen LogP contribution in [0.25, 0.3) is 0 Å². The lowest BCUT2D eigenvalue weighted by molar-refractivity contribution is -0.141. The molecular formula is C13H21N3O. The normalized spacial score (nSPS) is 30.2. The lowest BCUT2D eigenvalue weighted by Gasteiger charge is -2.37. The molecule has 4 heteroatoms. The summed E-state index contributed by atoms with van der Waals surface area (Å²) < 4.78 is 0. The maximum Gasteiger partial charge on any atom is 0.229 e. The fourth-order valence-electron chi connectivity index (χ4n) is 2.62. The number of carbonyl (C=O) groups excluding carboxylic acids is 1. The minimum atomic E-state index is -0.186. The van der Waals surface area contributed by atoms with E-state index < -0.39 is 0 Å². The fourth-order valence-corrected chi connectivity index (χ4v) is 2.62. The summed E-state index contributed by atoms with van der Waals surface area (Å²) in [6.07, 6.45) is 6.25. The van der Waals surface area contributed by atoms with E-state index in [1.54, 1.807) is 0 Å². The van der Waals surface area contributed by atoms with Gasteiger partial charge in [0.2, 0.25) is 5.91 Å². The Hall–Kier alpha value is -1.05. The Bertz CT molecular complexity index is 320. The molecule has 1 atom stereocenters. The summed E-state index contributed by atoms with van der Waals surface area (Å²) in [5.41, 5.74) is -0.186. The summed E-state index contributed by atoms with van der Waals surface area (Å²) >= 11 is 0. The minimum absolute atomic E-state index is 0.186. The van der Waals surface area contributed by atoms with Gasteiger partial charge in [-0.1, -0.05) is 5.92 Å². The Morgan fingerprint density at radius 1 is 1.41 bits per heavy atom. The first-order valence-electron chi connectivity index (χ1n) is 6.32. The molecule has 0 bridgehead atoms. The summed E-state index contributed by atoms with van der Waals surface area (Å²) in [5, 5.41) is 3.28. The van der Waals surface area contributed by atoms with Crippen molar-refractivity contribution in [2.24, 2.45) is 5.41 Å². The van der Waals surface area contributed by atoms with Crippen molar-refractivity contribution >= 4 is 5.91 Å². The van der Waals surface area contributed by atoms with Gasteiger partial charge in [0.05, 0.1) is 12.0 Å². The summed E-state index contributed by atoms with van der Waals surface area (Å²) in [4.78, 5) is 16.6. The molecule has 0 radical (unpaired) electrons. The van der Waals surface area contributed by atoms with E-state index >= 15 is 0 Å². The molecule has 0 aromatic carbocycles. The van der Waals surface area contributed by atoms with Gasteiger partial charge in [0.25, 0.3) is 0 Å². The third kappa shape index (κ3) is 2.62. The van der Waals surface area contributed by atoms with Gasteiger partial charge in [0, 0.05) is 32.7 Å². The van der Waals surface area contributed by atoms with Crippen molar-refractivity contribution in [2.75, 3.05) is 45.8 Å². The van der Waals surface area contributed by atoms with Crippen LogP contribution in [0.15, 0.2) is 0 Å². The van der Waals surface area contributed by atoms with Crippen LogP contribution in [-0.4, -0.2) is 61.5 Å². The average Bonchev–Trinajstić information content (AvgIpc) is 2.78. The predicted molar refractivity (Wildman–Crippen MR) is 67.4 cm³/mol. The summed E-state index contributed by atoms with van der Waals surface area (Å²) in [7, 11) is 0. The van der Waals surface area contributed by atoms with Gasteiger partial charge >= 0.3 is 0 Å². The molecule has 1 amide bonds. The van der Waals surface area contributed by atoms with E-state index in [0.717, 1.165) is 45.7 Å². The molecule has 1 N–H and O–H groups in total. The molecule has 0 aromatic rings. The van der Waals surface area contributed by atoms with Crippen molar-refractivity contribution in [3.63, 3.8) is 0 Å². The molecule has 2 fully saturated rings. The standard InChI is InChI=1S/C13H21N3O/c1-3-6-15-7-9-16(10-8-15)12(17)13(2)4-5-14-11-13/h1,14H,4-11H2,2H3. The zero-order chi connectivity index (χ0) is 12.3. The molecule has 0 aliphatic carbocycles. The number of nitrogens with zero attached hydrogens (tertiary/aromatic N) is 2. The van der Waals surface area contributed by atoms with E-state index in [-0.39, 0.29) is 5.41 Å². The van der Waals surface area contributed by atoms with E-state index in [9.17, 15) is 4.79 Å². The molecule has 2 saturated heterocycles. The van der Waals surface area contributed by atoms with E-state index in [4.69, 9.17) is 6.42 Å². The second-order valence-corrected chi connectivity index (χ2v) is 5.26. The average molecular weight is 235 g/mol. The van der Waals surface area contributed by atoms with Crippen molar-refractivity contribution in [1.29, 1.82) is 0 Å². The van der Waals surface area contributed by atoms with Gasteiger partial charge in [0.1, 0.15) is 0 Å². The molecule has 94 valence electrons. The number of hydrogen-bond donors (Lipinski definition) is 1. The van der Waals surface area contributed by atoms with Crippen LogP contribution in [0.3, 0.4) is 0 Å². The number of nitrogens with one attached hydrogen (secondary N) is 1. The number of amides is 1. The van der Waals surface area contributed by atoms with Crippen molar-refractivity contribution in [1.82, 2.24) is 15.1 Å². The van der Waals surface area contributed by atoms with Crippen molar-refractivity contribution in [2.45, 2.75) is 13.3 Å². The number of hydrogen-bond acceptors (Lipinski definition) is 3. The monoisotopic (exact) mass is 235 g/mol. The first-order chi connectivity index (χ1) is 8.15. The molecule has 2 aliphatic rings. The highest BCUT2D eigenvalue weighted by Crippen LogP contribution is 2.27. The minimum Gasteiger partial charge on any atom is -0.340 e. The van der Waals surface area contributed by atoms with Gasteiger partial charge < -0.3 is 10.2 Å². The van der Waals surface area contributed by atoms with Crippen LogP contribution in [0.1, 0.15) is 13.3 Å². The number of rotatable bonds is 2. The second-order valence-electron chi connectivity index (χ2n) is 5.26. The Kier molecular flexibility index (Phi) is 3.70. The van der Waals surface area contributed by atoms with Gasteiger partial charge in [-0.15, -0.1) is 6.42 Å². The van der Waals surface area contributed by atoms with Crippen LogP contribution in [0.5, 0.6) is 0 Å². The first kappa shape index (κ1) is 12.4. The highest BCUT2D eigenvalue weighted by Gasteiger charge is 2.39. The van der Waals surface area contributed by atoms with Gasteiger partial charge in [-0.25, -0.2) is 0 Å². The molecule has 1 unspecified atom stereocenters. The van der Waals surface area contributed by atoms with Crippen molar-refractivity contribution in [3.8, 4) is 12.3 Å². The third-order valence-corrected chi connectivity index (χ3v) is 3.86. The molecule has 0 saturated carbocycles. The van der Waals surface area contributed by atoms with E-state index in [0.29, 0.717) is 12.5 Å². The summed E-state index contributed by atoms with van der Waals surface area (Å²) in [5.74, 6) is 2.96. The van der Waals surface area contributed by atoms with Crippen LogP contribution in [0.2, 0.25) is 0 Å². The highest BCUT2D eigenvalue weighted by molar-refractivity contribution is 5.83. The Morgan fingerprint density at radius 2 is 2.12 bits per heavy atom. The number of carbonyl (C=O) groups is 1. The second kappa shape index (κ2) is 5.07. The quantitative estimate of drug-likeness (QED) is 0.671. The number of terminal acetylenes is 1. The smallest absolute Gasteiger partial charge is 0.229 e. The SMILES string of the molecule is C#CCN1CCN(C(=O)C2(C)CCNC2)CC1. The lowest BCUT2D eigenvalue weighted by Crippen LogP contribution is -2.53. The maximum absolute atomic E-state index is 12.4. The van der Waals surface area contributed by atoms with Crippen molar-refractivity contribution in [3.05, 3.63) is 0 Å². The van der Waals surface area contributed by atoms with Crippen molar-refractivity contribution < 1.29 is 4.79 Å². The molecule has 2 heterocycles. The summed E-state index contributed by atoms with van der Waals surface area (Å²) in [6, 6.07) is 0. The van der Waals surface area contributed by atoms with Crippen LogP contribution < -0.4 is 5.32 Å². The molecular weight excluding hydrogens is 214 g/mol. The van der Waals surface area contributed by atoms with Gasteiger partial charge in [-0.3, -0.25) is 9.69 Å². The molecule has 0 spiro atoms.